The van der Waals surface area contributed by atoms with Gasteiger partial charge in [0.05, 0.1) is 17.2 Å². The summed E-state index contributed by atoms with van der Waals surface area (Å²) in [5, 5.41) is 9.62. The normalized spacial score (nSPS) is 10.9. The van der Waals surface area contributed by atoms with Gasteiger partial charge in [-0.3, -0.25) is 0 Å². The number of furan rings is 1. The van der Waals surface area contributed by atoms with Crippen LogP contribution in [-0.4, -0.2) is 26.0 Å². The average Bonchev–Trinajstić information content (AvgIpc) is 2.96. The summed E-state index contributed by atoms with van der Waals surface area (Å²) < 4.78 is 5.29. The second-order valence-corrected chi connectivity index (χ2v) is 3.83. The minimum absolute atomic E-state index is 0.136. The Morgan fingerprint density at radius 1 is 1.44 bits per heavy atom. The Hall–Kier alpha value is -2.63. The molecule has 3 aromatic rings. The largest absolute Gasteiger partial charge is 0.478 e. The number of aromatic nitrogens is 3. The molecule has 0 fully saturated rings. The lowest BCUT2D eigenvalue weighted by atomic mass is 10.1. The second-order valence-electron chi connectivity index (χ2n) is 3.83. The third-order valence-corrected chi connectivity index (χ3v) is 2.63. The minimum Gasteiger partial charge on any atom is -0.478 e. The van der Waals surface area contributed by atoms with E-state index < -0.39 is 5.97 Å². The first kappa shape index (κ1) is 10.5. The Balaban J connectivity index is 2.41. The van der Waals surface area contributed by atoms with E-state index in [4.69, 9.17) is 9.52 Å². The van der Waals surface area contributed by atoms with Gasteiger partial charge in [-0.1, -0.05) is 0 Å². The van der Waals surface area contributed by atoms with Crippen molar-refractivity contribution in [1.29, 1.82) is 0 Å². The van der Waals surface area contributed by atoms with Gasteiger partial charge in [0.25, 0.3) is 0 Å². The van der Waals surface area contributed by atoms with E-state index in [0.717, 1.165) is 0 Å². The van der Waals surface area contributed by atoms with Crippen LogP contribution in [0.1, 0.15) is 16.2 Å². The fraction of sp³-hybridized carbons (Fsp3) is 0.0833. The maximum absolute atomic E-state index is 11.2. The molecule has 0 saturated heterocycles. The van der Waals surface area contributed by atoms with Crippen molar-refractivity contribution in [2.75, 3.05) is 0 Å². The molecule has 0 radical (unpaired) electrons. The van der Waals surface area contributed by atoms with Crippen molar-refractivity contribution >= 4 is 17.0 Å². The molecule has 6 heteroatoms. The van der Waals surface area contributed by atoms with Crippen LogP contribution in [0.4, 0.5) is 0 Å². The van der Waals surface area contributed by atoms with Crippen molar-refractivity contribution < 1.29 is 14.3 Å². The summed E-state index contributed by atoms with van der Waals surface area (Å²) in [4.78, 5) is 22.5. The standard InChI is InChI=1S/C12H9N3O3/c1-6-14-10(8-3-2-4-18-8)9-7(12(16)17)5-13-11(9)15-6/h2-5H,1H3,(H,16,17)(H,13,14,15). The number of fused-ring (bicyclic) bond motifs is 1. The Morgan fingerprint density at radius 2 is 2.28 bits per heavy atom. The maximum atomic E-state index is 11.2. The molecular weight excluding hydrogens is 234 g/mol. The van der Waals surface area contributed by atoms with Crippen LogP contribution in [0.3, 0.4) is 0 Å². The fourth-order valence-electron chi connectivity index (χ4n) is 1.91. The Morgan fingerprint density at radius 3 is 2.94 bits per heavy atom. The Labute approximate surface area is 101 Å². The topological polar surface area (TPSA) is 92.0 Å². The SMILES string of the molecule is Cc1nc(-c2ccco2)c2c(C(=O)O)c[nH]c2n1. The summed E-state index contributed by atoms with van der Waals surface area (Å²) >= 11 is 0. The van der Waals surface area contributed by atoms with Gasteiger partial charge in [0.15, 0.2) is 5.76 Å². The lowest BCUT2D eigenvalue weighted by Crippen LogP contribution is -1.98. The zero-order valence-electron chi connectivity index (χ0n) is 9.47. The number of carboxylic acids is 1. The number of carbonyl (C=O) groups is 1. The highest BCUT2D eigenvalue weighted by Crippen LogP contribution is 2.28. The highest BCUT2D eigenvalue weighted by atomic mass is 16.4. The van der Waals surface area contributed by atoms with Gasteiger partial charge in [0.1, 0.15) is 17.2 Å². The summed E-state index contributed by atoms with van der Waals surface area (Å²) in [5.74, 6) is 0.0433. The lowest BCUT2D eigenvalue weighted by molar-refractivity contribution is 0.0699. The van der Waals surface area contributed by atoms with Crippen molar-refractivity contribution in [3.63, 3.8) is 0 Å². The molecule has 0 spiro atoms. The summed E-state index contributed by atoms with van der Waals surface area (Å²) in [6.07, 6.45) is 2.93. The molecule has 0 aliphatic rings. The monoisotopic (exact) mass is 243 g/mol. The zero-order chi connectivity index (χ0) is 12.7. The highest BCUT2D eigenvalue weighted by molar-refractivity contribution is 6.07. The summed E-state index contributed by atoms with van der Waals surface area (Å²) in [7, 11) is 0. The maximum Gasteiger partial charge on any atom is 0.338 e. The Bertz CT molecular complexity index is 728. The van der Waals surface area contributed by atoms with Crippen molar-refractivity contribution in [3.05, 3.63) is 36.0 Å². The first-order valence-corrected chi connectivity index (χ1v) is 5.29. The van der Waals surface area contributed by atoms with Crippen molar-refractivity contribution in [2.45, 2.75) is 6.92 Å². The summed E-state index contributed by atoms with van der Waals surface area (Å²) in [6, 6.07) is 3.46. The molecule has 0 aromatic carbocycles. The molecule has 18 heavy (non-hydrogen) atoms. The molecule has 0 unspecified atom stereocenters. The molecule has 0 aliphatic heterocycles. The molecule has 0 bridgehead atoms. The molecule has 0 saturated carbocycles. The van der Waals surface area contributed by atoms with Crippen LogP contribution in [0.15, 0.2) is 29.0 Å². The third-order valence-electron chi connectivity index (χ3n) is 2.63. The van der Waals surface area contributed by atoms with E-state index >= 15 is 0 Å². The van der Waals surface area contributed by atoms with Crippen LogP contribution in [-0.2, 0) is 0 Å². The fourth-order valence-corrected chi connectivity index (χ4v) is 1.91. The summed E-state index contributed by atoms with van der Waals surface area (Å²) in [5.41, 5.74) is 1.11. The van der Waals surface area contributed by atoms with E-state index in [1.165, 1.54) is 12.5 Å². The van der Waals surface area contributed by atoms with Gasteiger partial charge in [0, 0.05) is 6.20 Å². The number of aromatic carboxylic acids is 1. The number of hydrogen-bond donors (Lipinski definition) is 2. The van der Waals surface area contributed by atoms with E-state index in [-0.39, 0.29) is 5.56 Å². The van der Waals surface area contributed by atoms with E-state index in [0.29, 0.717) is 28.3 Å². The number of hydrogen-bond acceptors (Lipinski definition) is 4. The van der Waals surface area contributed by atoms with E-state index in [2.05, 4.69) is 15.0 Å². The summed E-state index contributed by atoms with van der Waals surface area (Å²) in [6.45, 7) is 1.74. The van der Waals surface area contributed by atoms with E-state index in [1.54, 1.807) is 19.1 Å². The molecule has 0 atom stereocenters. The molecule has 3 heterocycles. The molecule has 90 valence electrons. The van der Waals surface area contributed by atoms with Gasteiger partial charge in [0.2, 0.25) is 0 Å². The predicted octanol–water partition coefficient (Wildman–Crippen LogP) is 2.22. The van der Waals surface area contributed by atoms with Crippen LogP contribution in [0.25, 0.3) is 22.5 Å². The van der Waals surface area contributed by atoms with Crippen molar-refractivity contribution in [3.8, 4) is 11.5 Å². The molecule has 6 nitrogen and oxygen atoms in total. The van der Waals surface area contributed by atoms with Crippen LogP contribution in [0, 0.1) is 6.92 Å². The van der Waals surface area contributed by atoms with Crippen LogP contribution in [0.2, 0.25) is 0 Å². The minimum atomic E-state index is -1.03. The zero-order valence-corrected chi connectivity index (χ0v) is 9.47. The van der Waals surface area contributed by atoms with Gasteiger partial charge in [-0.25, -0.2) is 14.8 Å². The van der Waals surface area contributed by atoms with Crippen LogP contribution >= 0.6 is 0 Å². The molecule has 0 aliphatic carbocycles. The molecule has 3 aromatic heterocycles. The van der Waals surface area contributed by atoms with Gasteiger partial charge in [-0.05, 0) is 19.1 Å². The van der Waals surface area contributed by atoms with Gasteiger partial charge >= 0.3 is 5.97 Å². The molecular formula is C12H9N3O3. The van der Waals surface area contributed by atoms with Crippen molar-refractivity contribution in [1.82, 2.24) is 15.0 Å². The number of aryl methyl sites for hydroxylation is 1. The van der Waals surface area contributed by atoms with Gasteiger partial charge < -0.3 is 14.5 Å². The highest BCUT2D eigenvalue weighted by Gasteiger charge is 2.19. The predicted molar refractivity (Wildman–Crippen MR) is 63.3 cm³/mol. The smallest absolute Gasteiger partial charge is 0.338 e. The first-order valence-electron chi connectivity index (χ1n) is 5.29. The number of nitrogens with zero attached hydrogens (tertiary/aromatic N) is 2. The first-order chi connectivity index (χ1) is 8.66. The van der Waals surface area contributed by atoms with Gasteiger partial charge in [-0.15, -0.1) is 0 Å². The molecule has 0 amide bonds. The second kappa shape index (κ2) is 3.69. The van der Waals surface area contributed by atoms with Gasteiger partial charge in [-0.2, -0.15) is 0 Å². The average molecular weight is 243 g/mol. The number of rotatable bonds is 2. The number of nitrogens with one attached hydrogen (secondary N) is 1. The Kier molecular flexibility index (Phi) is 2.16. The third kappa shape index (κ3) is 1.46. The molecule has 3 rings (SSSR count). The lowest BCUT2D eigenvalue weighted by Gasteiger charge is -2.01. The van der Waals surface area contributed by atoms with Crippen LogP contribution < -0.4 is 0 Å². The number of carboxylic acid groups (broad SMARTS) is 1. The number of aromatic amines is 1. The van der Waals surface area contributed by atoms with Crippen LogP contribution in [0.5, 0.6) is 0 Å². The molecule has 2 N–H and O–H groups in total. The van der Waals surface area contributed by atoms with E-state index in [9.17, 15) is 4.79 Å². The number of H-pyrrole nitrogens is 1. The van der Waals surface area contributed by atoms with E-state index in [1.807, 2.05) is 0 Å². The van der Waals surface area contributed by atoms with Crippen molar-refractivity contribution in [2.24, 2.45) is 0 Å². The quantitative estimate of drug-likeness (QED) is 0.720.